The Morgan fingerprint density at radius 1 is 1.15 bits per heavy atom. The fourth-order valence-corrected chi connectivity index (χ4v) is 3.87. The van der Waals surface area contributed by atoms with E-state index in [1.807, 2.05) is 0 Å². The van der Waals surface area contributed by atoms with Crippen molar-refractivity contribution < 1.29 is 8.42 Å². The maximum absolute atomic E-state index is 12.6. The van der Waals surface area contributed by atoms with E-state index in [9.17, 15) is 8.42 Å². The van der Waals surface area contributed by atoms with Crippen LogP contribution in [0.15, 0.2) is 17.3 Å². The van der Waals surface area contributed by atoms with Gasteiger partial charge in [-0.25, -0.2) is 18.4 Å². The minimum Gasteiger partial charge on any atom is -0.357 e. The Kier molecular flexibility index (Phi) is 4.93. The monoisotopic (exact) mass is 298 g/mol. The molecule has 20 heavy (non-hydrogen) atoms. The first-order valence-electron chi connectivity index (χ1n) is 7.03. The Hall–Kier alpha value is -1.21. The highest BCUT2D eigenvalue weighted by Gasteiger charge is 2.28. The molecule has 0 bridgehead atoms. The number of anilines is 1. The molecule has 0 aromatic carbocycles. The van der Waals surface area contributed by atoms with Crippen molar-refractivity contribution in [3.63, 3.8) is 0 Å². The molecular formula is C13H22N4O2S. The van der Waals surface area contributed by atoms with E-state index < -0.39 is 10.0 Å². The van der Waals surface area contributed by atoms with Crippen LogP contribution in [0, 0.1) is 0 Å². The minimum absolute atomic E-state index is 0.0893. The quantitative estimate of drug-likeness (QED) is 0.859. The van der Waals surface area contributed by atoms with Gasteiger partial charge in [-0.15, -0.1) is 0 Å². The lowest BCUT2D eigenvalue weighted by atomic mass is 10.1. The van der Waals surface area contributed by atoms with Crippen molar-refractivity contribution in [3.8, 4) is 0 Å². The van der Waals surface area contributed by atoms with Crippen LogP contribution in [0.25, 0.3) is 0 Å². The van der Waals surface area contributed by atoms with Gasteiger partial charge in [0.05, 0.1) is 12.4 Å². The zero-order valence-electron chi connectivity index (χ0n) is 12.0. The predicted octanol–water partition coefficient (Wildman–Crippen LogP) is 1.86. The molecule has 6 nitrogen and oxygen atoms in total. The van der Waals surface area contributed by atoms with Crippen molar-refractivity contribution in [2.24, 2.45) is 0 Å². The average Bonchev–Trinajstić information content (AvgIpc) is 2.75. The van der Waals surface area contributed by atoms with Gasteiger partial charge in [-0.05, 0) is 12.8 Å². The molecule has 1 N–H and O–H groups in total. The van der Waals surface area contributed by atoms with Crippen LogP contribution >= 0.6 is 0 Å². The Morgan fingerprint density at radius 2 is 1.70 bits per heavy atom. The van der Waals surface area contributed by atoms with E-state index in [1.54, 1.807) is 14.1 Å². The number of sulfonamides is 1. The second kappa shape index (κ2) is 6.49. The fraction of sp³-hybridized carbons (Fsp3) is 0.692. The van der Waals surface area contributed by atoms with Gasteiger partial charge in [0.15, 0.2) is 0 Å². The first-order chi connectivity index (χ1) is 9.55. The molecule has 0 unspecified atom stereocenters. The Morgan fingerprint density at radius 3 is 2.20 bits per heavy atom. The van der Waals surface area contributed by atoms with E-state index in [1.165, 1.54) is 29.5 Å². The van der Waals surface area contributed by atoms with Crippen LogP contribution < -0.4 is 5.32 Å². The number of nitrogens with zero attached hydrogens (tertiary/aromatic N) is 3. The van der Waals surface area contributed by atoms with Crippen LogP contribution in [0.2, 0.25) is 0 Å². The maximum atomic E-state index is 12.6. The third kappa shape index (κ3) is 3.27. The summed E-state index contributed by atoms with van der Waals surface area (Å²) >= 11 is 0. The van der Waals surface area contributed by atoms with Gasteiger partial charge in [-0.3, -0.25) is 0 Å². The summed E-state index contributed by atoms with van der Waals surface area (Å²) in [6.07, 6.45) is 9.19. The normalized spacial score (nSPS) is 17.9. The lowest BCUT2D eigenvalue weighted by Gasteiger charge is -2.26. The van der Waals surface area contributed by atoms with Crippen LogP contribution in [0.1, 0.15) is 38.5 Å². The highest BCUT2D eigenvalue weighted by atomic mass is 32.2. The van der Waals surface area contributed by atoms with Gasteiger partial charge in [0, 0.05) is 20.1 Å². The van der Waals surface area contributed by atoms with Crippen molar-refractivity contribution in [3.05, 3.63) is 12.4 Å². The molecule has 0 spiro atoms. The van der Waals surface area contributed by atoms with Crippen molar-refractivity contribution >= 4 is 16.0 Å². The van der Waals surface area contributed by atoms with Crippen LogP contribution in [0.4, 0.5) is 5.95 Å². The highest BCUT2D eigenvalue weighted by molar-refractivity contribution is 7.89. The average molecular weight is 298 g/mol. The molecule has 0 aliphatic heterocycles. The van der Waals surface area contributed by atoms with E-state index in [4.69, 9.17) is 0 Å². The summed E-state index contributed by atoms with van der Waals surface area (Å²) in [6.45, 7) is 0. The summed E-state index contributed by atoms with van der Waals surface area (Å²) < 4.78 is 26.6. The molecule has 7 heteroatoms. The van der Waals surface area contributed by atoms with Crippen LogP contribution in [0.3, 0.4) is 0 Å². The zero-order chi connectivity index (χ0) is 14.6. The molecule has 0 saturated heterocycles. The number of hydrogen-bond acceptors (Lipinski definition) is 5. The summed E-state index contributed by atoms with van der Waals surface area (Å²) in [6, 6.07) is 0.0893. The van der Waals surface area contributed by atoms with E-state index in [0.29, 0.717) is 5.95 Å². The van der Waals surface area contributed by atoms with Gasteiger partial charge in [-0.2, -0.15) is 4.31 Å². The molecule has 0 atom stereocenters. The lowest BCUT2D eigenvalue weighted by molar-refractivity contribution is 0.335. The van der Waals surface area contributed by atoms with Gasteiger partial charge >= 0.3 is 0 Å². The smallest absolute Gasteiger partial charge is 0.246 e. The third-order valence-electron chi connectivity index (χ3n) is 3.87. The van der Waals surface area contributed by atoms with Gasteiger partial charge < -0.3 is 5.32 Å². The van der Waals surface area contributed by atoms with Crippen LogP contribution in [0.5, 0.6) is 0 Å². The molecule has 1 saturated carbocycles. The predicted molar refractivity (Wildman–Crippen MR) is 78.0 cm³/mol. The molecule has 0 radical (unpaired) electrons. The fourth-order valence-electron chi connectivity index (χ4n) is 2.56. The van der Waals surface area contributed by atoms with Gasteiger partial charge in [-0.1, -0.05) is 25.7 Å². The number of aromatic nitrogens is 2. The molecule has 1 fully saturated rings. The summed E-state index contributed by atoms with van der Waals surface area (Å²) in [4.78, 5) is 8.12. The largest absolute Gasteiger partial charge is 0.357 e. The van der Waals surface area contributed by atoms with Crippen LogP contribution in [-0.4, -0.2) is 42.8 Å². The van der Waals surface area contributed by atoms with Gasteiger partial charge in [0.1, 0.15) is 4.90 Å². The van der Waals surface area contributed by atoms with E-state index in [-0.39, 0.29) is 10.9 Å². The minimum atomic E-state index is -3.50. The Bertz CT molecular complexity index is 522. The molecule has 1 heterocycles. The zero-order valence-corrected chi connectivity index (χ0v) is 12.9. The van der Waals surface area contributed by atoms with E-state index >= 15 is 0 Å². The summed E-state index contributed by atoms with van der Waals surface area (Å²) in [5.74, 6) is 0.418. The molecular weight excluding hydrogens is 276 g/mol. The van der Waals surface area contributed by atoms with Gasteiger partial charge in [0.25, 0.3) is 0 Å². The van der Waals surface area contributed by atoms with Crippen molar-refractivity contribution in [1.82, 2.24) is 14.3 Å². The molecule has 0 amide bonds. The molecule has 2 rings (SSSR count). The summed E-state index contributed by atoms with van der Waals surface area (Å²) in [5.41, 5.74) is 0. The SMILES string of the molecule is CNc1ncc(S(=O)(=O)N(C)C2CCCCCC2)cn1. The topological polar surface area (TPSA) is 75.2 Å². The number of hydrogen-bond donors (Lipinski definition) is 1. The van der Waals surface area contributed by atoms with Crippen molar-refractivity contribution in [2.75, 3.05) is 19.4 Å². The first kappa shape index (κ1) is 15.2. The van der Waals surface area contributed by atoms with Crippen molar-refractivity contribution in [1.29, 1.82) is 0 Å². The number of nitrogens with one attached hydrogen (secondary N) is 1. The molecule has 1 aromatic rings. The van der Waals surface area contributed by atoms with E-state index in [2.05, 4.69) is 15.3 Å². The third-order valence-corrected chi connectivity index (χ3v) is 5.73. The highest BCUT2D eigenvalue weighted by Crippen LogP contribution is 2.25. The van der Waals surface area contributed by atoms with Gasteiger partial charge in [0.2, 0.25) is 16.0 Å². The second-order valence-electron chi connectivity index (χ2n) is 5.16. The first-order valence-corrected chi connectivity index (χ1v) is 8.47. The summed E-state index contributed by atoms with van der Waals surface area (Å²) in [5, 5.41) is 2.78. The Labute approximate surface area is 120 Å². The van der Waals surface area contributed by atoms with Crippen LogP contribution in [-0.2, 0) is 10.0 Å². The maximum Gasteiger partial charge on any atom is 0.246 e. The summed E-state index contributed by atoms with van der Waals surface area (Å²) in [7, 11) is -0.140. The molecule has 1 aliphatic carbocycles. The Balaban J connectivity index is 2.18. The number of rotatable bonds is 4. The lowest BCUT2D eigenvalue weighted by Crippen LogP contribution is -2.36. The van der Waals surface area contributed by atoms with Crippen molar-refractivity contribution in [2.45, 2.75) is 49.5 Å². The standard InChI is InChI=1S/C13H22N4O2S/c1-14-13-15-9-12(10-16-13)20(18,19)17(2)11-7-5-3-4-6-8-11/h9-11H,3-8H2,1-2H3,(H,14,15,16). The second-order valence-corrected chi connectivity index (χ2v) is 7.16. The molecule has 112 valence electrons. The molecule has 1 aliphatic rings. The van der Waals surface area contributed by atoms with E-state index in [0.717, 1.165) is 25.7 Å². The molecule has 1 aromatic heterocycles.